The van der Waals surface area contributed by atoms with Gasteiger partial charge in [-0.3, -0.25) is 9.59 Å². The Bertz CT molecular complexity index is 455. The molecular formula is C15H19FO3. The van der Waals surface area contributed by atoms with Crippen molar-refractivity contribution in [3.63, 3.8) is 0 Å². The summed E-state index contributed by atoms with van der Waals surface area (Å²) >= 11 is 0. The average molecular weight is 266 g/mol. The Morgan fingerprint density at radius 3 is 2.63 bits per heavy atom. The lowest BCUT2D eigenvalue weighted by Gasteiger charge is -2.08. The first kappa shape index (κ1) is 15.3. The van der Waals surface area contributed by atoms with Crippen molar-refractivity contribution >= 4 is 11.6 Å². The largest absolute Gasteiger partial charge is 0.496 e. The molecule has 0 N–H and O–H groups in total. The van der Waals surface area contributed by atoms with Crippen LogP contribution in [0, 0.1) is 5.82 Å². The van der Waals surface area contributed by atoms with Gasteiger partial charge in [0.2, 0.25) is 0 Å². The zero-order valence-corrected chi connectivity index (χ0v) is 11.4. The fourth-order valence-electron chi connectivity index (χ4n) is 1.87. The molecular weight excluding hydrogens is 247 g/mol. The molecule has 0 aromatic heterocycles. The van der Waals surface area contributed by atoms with Crippen molar-refractivity contribution in [1.29, 1.82) is 0 Å². The normalized spacial score (nSPS) is 10.3. The molecule has 0 radical (unpaired) electrons. The van der Waals surface area contributed by atoms with E-state index in [0.717, 1.165) is 19.3 Å². The number of carbonyl (C=O) groups is 2. The molecule has 0 fully saturated rings. The summed E-state index contributed by atoms with van der Waals surface area (Å²) < 4.78 is 18.6. The number of unbranched alkanes of at least 4 members (excludes halogenated alkanes) is 2. The highest BCUT2D eigenvalue weighted by Crippen LogP contribution is 2.23. The molecule has 0 unspecified atom stereocenters. The SMILES string of the molecule is CCCCCC(=O)CC(=O)c1c(F)cccc1OC. The van der Waals surface area contributed by atoms with Gasteiger partial charge in [-0.25, -0.2) is 4.39 Å². The van der Waals surface area contributed by atoms with Crippen LogP contribution in [0.2, 0.25) is 0 Å². The molecule has 104 valence electrons. The Balaban J connectivity index is 2.70. The average Bonchev–Trinajstić information content (AvgIpc) is 2.38. The molecule has 0 heterocycles. The van der Waals surface area contributed by atoms with Gasteiger partial charge < -0.3 is 4.74 Å². The Kier molecular flexibility index (Phi) is 6.19. The highest BCUT2D eigenvalue weighted by Gasteiger charge is 2.19. The summed E-state index contributed by atoms with van der Waals surface area (Å²) in [4.78, 5) is 23.6. The van der Waals surface area contributed by atoms with Crippen molar-refractivity contribution in [1.82, 2.24) is 0 Å². The number of rotatable bonds is 8. The van der Waals surface area contributed by atoms with Gasteiger partial charge in [0.15, 0.2) is 5.78 Å². The first-order valence-electron chi connectivity index (χ1n) is 6.47. The molecule has 19 heavy (non-hydrogen) atoms. The summed E-state index contributed by atoms with van der Waals surface area (Å²) in [5.74, 6) is -1.14. The maximum Gasteiger partial charge on any atom is 0.176 e. The number of halogens is 1. The Hall–Kier alpha value is -1.71. The number of carbonyl (C=O) groups excluding carboxylic acids is 2. The van der Waals surface area contributed by atoms with E-state index in [-0.39, 0.29) is 23.5 Å². The van der Waals surface area contributed by atoms with Crippen molar-refractivity contribution in [3.05, 3.63) is 29.6 Å². The summed E-state index contributed by atoms with van der Waals surface area (Å²) in [6.07, 6.45) is 2.86. The van der Waals surface area contributed by atoms with Crippen LogP contribution in [0.25, 0.3) is 0 Å². The van der Waals surface area contributed by atoms with Crippen molar-refractivity contribution in [2.75, 3.05) is 7.11 Å². The van der Waals surface area contributed by atoms with Crippen LogP contribution < -0.4 is 4.74 Å². The van der Waals surface area contributed by atoms with E-state index in [4.69, 9.17) is 4.74 Å². The van der Waals surface area contributed by atoms with Gasteiger partial charge >= 0.3 is 0 Å². The Morgan fingerprint density at radius 1 is 1.26 bits per heavy atom. The minimum absolute atomic E-state index is 0.131. The minimum Gasteiger partial charge on any atom is -0.496 e. The Morgan fingerprint density at radius 2 is 2.00 bits per heavy atom. The third-order valence-corrected chi connectivity index (χ3v) is 2.89. The van der Waals surface area contributed by atoms with Gasteiger partial charge in [-0.15, -0.1) is 0 Å². The van der Waals surface area contributed by atoms with Crippen molar-refractivity contribution in [2.24, 2.45) is 0 Å². The third kappa shape index (κ3) is 4.47. The molecule has 0 aliphatic carbocycles. The lowest BCUT2D eigenvalue weighted by molar-refractivity contribution is -0.118. The number of hydrogen-bond acceptors (Lipinski definition) is 3. The summed E-state index contributed by atoms with van der Waals surface area (Å²) in [7, 11) is 1.37. The van der Waals surface area contributed by atoms with Crippen LogP contribution in [0.4, 0.5) is 4.39 Å². The topological polar surface area (TPSA) is 43.4 Å². The van der Waals surface area contributed by atoms with E-state index < -0.39 is 11.6 Å². The highest BCUT2D eigenvalue weighted by atomic mass is 19.1. The fraction of sp³-hybridized carbons (Fsp3) is 0.467. The van der Waals surface area contributed by atoms with Crippen LogP contribution in [-0.4, -0.2) is 18.7 Å². The number of benzene rings is 1. The molecule has 0 amide bonds. The highest BCUT2D eigenvalue weighted by molar-refractivity contribution is 6.09. The zero-order chi connectivity index (χ0) is 14.3. The van der Waals surface area contributed by atoms with Gasteiger partial charge in [0.05, 0.1) is 19.1 Å². The van der Waals surface area contributed by atoms with Crippen LogP contribution in [0.3, 0.4) is 0 Å². The number of ketones is 2. The van der Waals surface area contributed by atoms with E-state index in [1.165, 1.54) is 25.3 Å². The summed E-state index contributed by atoms with van der Waals surface area (Å²) in [5.41, 5.74) is -0.131. The van der Waals surface area contributed by atoms with E-state index in [2.05, 4.69) is 0 Å². The van der Waals surface area contributed by atoms with E-state index in [1.807, 2.05) is 6.92 Å². The van der Waals surface area contributed by atoms with Gasteiger partial charge in [0, 0.05) is 6.42 Å². The van der Waals surface area contributed by atoms with Crippen molar-refractivity contribution in [2.45, 2.75) is 39.0 Å². The second kappa shape index (κ2) is 7.67. The molecule has 0 atom stereocenters. The lowest BCUT2D eigenvalue weighted by Crippen LogP contribution is -2.11. The second-order valence-corrected chi connectivity index (χ2v) is 4.41. The molecule has 0 saturated carbocycles. The van der Waals surface area contributed by atoms with Crippen molar-refractivity contribution in [3.8, 4) is 5.75 Å². The summed E-state index contributed by atoms with van der Waals surface area (Å²) in [5, 5.41) is 0. The quantitative estimate of drug-likeness (QED) is 0.410. The van der Waals surface area contributed by atoms with Crippen LogP contribution in [0.5, 0.6) is 5.75 Å². The number of ether oxygens (including phenoxy) is 1. The minimum atomic E-state index is -0.647. The monoisotopic (exact) mass is 266 g/mol. The molecule has 0 saturated heterocycles. The maximum absolute atomic E-state index is 13.6. The number of hydrogen-bond donors (Lipinski definition) is 0. The molecule has 1 aromatic carbocycles. The standard InChI is InChI=1S/C15H19FO3/c1-3-4-5-7-11(17)10-13(18)15-12(16)8-6-9-14(15)19-2/h6,8-9H,3-5,7,10H2,1-2H3. The predicted molar refractivity (Wildman–Crippen MR) is 71.0 cm³/mol. The number of Topliss-reactive ketones (excluding diaryl/α,β-unsaturated/α-hetero) is 2. The molecule has 0 aliphatic heterocycles. The van der Waals surface area contributed by atoms with Crippen LogP contribution in [-0.2, 0) is 4.79 Å². The molecule has 3 nitrogen and oxygen atoms in total. The van der Waals surface area contributed by atoms with Crippen molar-refractivity contribution < 1.29 is 18.7 Å². The van der Waals surface area contributed by atoms with E-state index in [0.29, 0.717) is 6.42 Å². The maximum atomic E-state index is 13.6. The van der Waals surface area contributed by atoms with Crippen LogP contribution >= 0.6 is 0 Å². The first-order chi connectivity index (χ1) is 9.10. The van der Waals surface area contributed by atoms with Gasteiger partial charge in [0.1, 0.15) is 17.3 Å². The van der Waals surface area contributed by atoms with E-state index in [1.54, 1.807) is 0 Å². The summed E-state index contributed by atoms with van der Waals surface area (Å²) in [6, 6.07) is 4.17. The van der Waals surface area contributed by atoms with Crippen LogP contribution in [0.1, 0.15) is 49.4 Å². The number of methoxy groups -OCH3 is 1. The van der Waals surface area contributed by atoms with E-state index >= 15 is 0 Å². The zero-order valence-electron chi connectivity index (χ0n) is 11.4. The molecule has 0 spiro atoms. The van der Waals surface area contributed by atoms with Crippen LogP contribution in [0.15, 0.2) is 18.2 Å². The second-order valence-electron chi connectivity index (χ2n) is 4.41. The lowest BCUT2D eigenvalue weighted by atomic mass is 10.0. The van der Waals surface area contributed by atoms with Gasteiger partial charge in [0.25, 0.3) is 0 Å². The molecule has 0 aliphatic rings. The fourth-order valence-corrected chi connectivity index (χ4v) is 1.87. The first-order valence-corrected chi connectivity index (χ1v) is 6.47. The summed E-state index contributed by atoms with van der Waals surface area (Å²) in [6.45, 7) is 2.04. The molecule has 1 rings (SSSR count). The third-order valence-electron chi connectivity index (χ3n) is 2.89. The van der Waals surface area contributed by atoms with E-state index in [9.17, 15) is 14.0 Å². The Labute approximate surface area is 112 Å². The molecule has 0 bridgehead atoms. The predicted octanol–water partition coefficient (Wildman–Crippen LogP) is 3.56. The molecule has 1 aromatic rings. The van der Waals surface area contributed by atoms with Gasteiger partial charge in [-0.2, -0.15) is 0 Å². The van der Waals surface area contributed by atoms with Gasteiger partial charge in [-0.1, -0.05) is 25.8 Å². The smallest absolute Gasteiger partial charge is 0.176 e. The molecule has 4 heteroatoms. The van der Waals surface area contributed by atoms with Gasteiger partial charge in [-0.05, 0) is 18.6 Å².